The molecule has 1 aromatic heterocycles. The van der Waals surface area contributed by atoms with Crippen LogP contribution in [0.25, 0.3) is 10.9 Å². The zero-order chi connectivity index (χ0) is 13.2. The van der Waals surface area contributed by atoms with Crippen LogP contribution in [0, 0.1) is 5.92 Å². The van der Waals surface area contributed by atoms with E-state index in [1.807, 2.05) is 0 Å². The van der Waals surface area contributed by atoms with Crippen molar-refractivity contribution in [3.8, 4) is 0 Å². The molecule has 1 aromatic carbocycles. The van der Waals surface area contributed by atoms with Gasteiger partial charge in [-0.15, -0.1) is 0 Å². The first-order chi connectivity index (χ1) is 9.29. The predicted molar refractivity (Wildman–Crippen MR) is 77.1 cm³/mol. The van der Waals surface area contributed by atoms with Crippen molar-refractivity contribution >= 4 is 16.8 Å². The van der Waals surface area contributed by atoms with Gasteiger partial charge in [-0.25, -0.2) is 0 Å². The van der Waals surface area contributed by atoms with E-state index in [2.05, 4.69) is 41.6 Å². The van der Waals surface area contributed by atoms with Crippen LogP contribution in [0.3, 0.4) is 0 Å². The highest BCUT2D eigenvalue weighted by Gasteiger charge is 2.29. The van der Waals surface area contributed by atoms with Crippen LogP contribution in [0.5, 0.6) is 0 Å². The third-order valence-corrected chi connectivity index (χ3v) is 3.91. The lowest BCUT2D eigenvalue weighted by Crippen LogP contribution is -2.26. The fraction of sp³-hybridized carbons (Fsp3) is 0.438. The highest BCUT2D eigenvalue weighted by atomic mass is 16.2. The Hall–Kier alpha value is -1.77. The van der Waals surface area contributed by atoms with Crippen LogP contribution >= 0.6 is 0 Å². The van der Waals surface area contributed by atoms with Gasteiger partial charge in [0.15, 0.2) is 0 Å². The smallest absolute Gasteiger partial charge is 0.223 e. The first-order valence-electron chi connectivity index (χ1n) is 7.15. The van der Waals surface area contributed by atoms with E-state index in [0.29, 0.717) is 5.92 Å². The highest BCUT2D eigenvalue weighted by Crippen LogP contribution is 2.28. The molecule has 1 heterocycles. The Morgan fingerprint density at radius 1 is 1.37 bits per heavy atom. The number of carbonyl (C=O) groups is 1. The second kappa shape index (κ2) is 5.08. The van der Waals surface area contributed by atoms with Crippen molar-refractivity contribution in [1.29, 1.82) is 0 Å². The van der Waals surface area contributed by atoms with Gasteiger partial charge in [0.1, 0.15) is 0 Å². The van der Waals surface area contributed by atoms with Crippen LogP contribution in [-0.4, -0.2) is 17.4 Å². The lowest BCUT2D eigenvalue weighted by molar-refractivity contribution is -0.122. The van der Waals surface area contributed by atoms with Gasteiger partial charge in [-0.2, -0.15) is 0 Å². The molecule has 1 saturated carbocycles. The number of amides is 1. The Bertz CT molecular complexity index is 596. The van der Waals surface area contributed by atoms with Gasteiger partial charge in [0.05, 0.1) is 0 Å². The summed E-state index contributed by atoms with van der Waals surface area (Å²) in [5, 5.41) is 4.32. The van der Waals surface area contributed by atoms with Crippen molar-refractivity contribution in [2.75, 3.05) is 6.54 Å². The summed E-state index contributed by atoms with van der Waals surface area (Å²) in [6.45, 7) is 2.91. The Morgan fingerprint density at radius 3 is 2.95 bits per heavy atom. The Labute approximate surface area is 113 Å². The van der Waals surface area contributed by atoms with Gasteiger partial charge >= 0.3 is 0 Å². The number of carbonyl (C=O) groups excluding carboxylic acids is 1. The summed E-state index contributed by atoms with van der Waals surface area (Å²) in [4.78, 5) is 14.9. The molecule has 3 nitrogen and oxygen atoms in total. The summed E-state index contributed by atoms with van der Waals surface area (Å²) < 4.78 is 0. The van der Waals surface area contributed by atoms with Gasteiger partial charge in [0, 0.05) is 29.6 Å². The number of H-pyrrole nitrogens is 1. The summed E-state index contributed by atoms with van der Waals surface area (Å²) in [5.74, 6) is 0.531. The molecule has 1 aliphatic rings. The fourth-order valence-corrected chi connectivity index (χ4v) is 2.59. The van der Waals surface area contributed by atoms with Gasteiger partial charge in [-0.1, -0.05) is 25.1 Å². The second-order valence-electron chi connectivity index (χ2n) is 5.32. The standard InChI is InChI=1S/C16H20N2O/c1-2-11-4-3-5-14-13(10-18-15(11)14)8-9-17-16(19)12-6-7-12/h3-5,10,12,18H,2,6-9H2,1H3,(H,17,19). The summed E-state index contributed by atoms with van der Waals surface area (Å²) in [6.07, 6.45) is 6.14. The second-order valence-corrected chi connectivity index (χ2v) is 5.32. The topological polar surface area (TPSA) is 44.9 Å². The number of nitrogens with one attached hydrogen (secondary N) is 2. The summed E-state index contributed by atoms with van der Waals surface area (Å²) in [5.41, 5.74) is 3.89. The van der Waals surface area contributed by atoms with Crippen LogP contribution in [-0.2, 0) is 17.6 Å². The van der Waals surface area contributed by atoms with Gasteiger partial charge in [-0.3, -0.25) is 4.79 Å². The lowest BCUT2D eigenvalue weighted by atomic mass is 10.1. The molecule has 0 saturated heterocycles. The lowest BCUT2D eigenvalue weighted by Gasteiger charge is -2.04. The molecule has 0 aliphatic heterocycles. The van der Waals surface area contributed by atoms with Gasteiger partial charge < -0.3 is 10.3 Å². The average molecular weight is 256 g/mol. The van der Waals surface area contributed by atoms with Crippen molar-refractivity contribution < 1.29 is 4.79 Å². The zero-order valence-electron chi connectivity index (χ0n) is 11.3. The van der Waals surface area contributed by atoms with Crippen LogP contribution in [0.1, 0.15) is 30.9 Å². The number of aryl methyl sites for hydroxylation is 1. The monoisotopic (exact) mass is 256 g/mol. The molecule has 100 valence electrons. The number of para-hydroxylation sites is 1. The number of rotatable bonds is 5. The molecule has 1 amide bonds. The fourth-order valence-electron chi connectivity index (χ4n) is 2.59. The summed E-state index contributed by atoms with van der Waals surface area (Å²) in [6, 6.07) is 6.43. The molecular weight excluding hydrogens is 236 g/mol. The maximum Gasteiger partial charge on any atom is 0.223 e. The number of hydrogen-bond donors (Lipinski definition) is 2. The molecule has 1 fully saturated rings. The molecule has 2 N–H and O–H groups in total. The molecule has 1 aliphatic carbocycles. The Balaban J connectivity index is 1.69. The molecule has 3 heteroatoms. The largest absolute Gasteiger partial charge is 0.361 e. The maximum absolute atomic E-state index is 11.6. The molecule has 0 unspecified atom stereocenters. The van der Waals surface area contributed by atoms with E-state index in [4.69, 9.17) is 0 Å². The third kappa shape index (κ3) is 2.50. The molecule has 0 atom stereocenters. The van der Waals surface area contributed by atoms with E-state index in [0.717, 1.165) is 32.2 Å². The first kappa shape index (κ1) is 12.3. The molecule has 19 heavy (non-hydrogen) atoms. The van der Waals surface area contributed by atoms with Gasteiger partial charge in [0.2, 0.25) is 5.91 Å². The number of aromatic nitrogens is 1. The minimum atomic E-state index is 0.231. The molecule has 0 radical (unpaired) electrons. The SMILES string of the molecule is CCc1cccc2c(CCNC(=O)C3CC3)c[nH]c12. The van der Waals surface area contributed by atoms with Crippen LogP contribution in [0.15, 0.2) is 24.4 Å². The summed E-state index contributed by atoms with van der Waals surface area (Å²) in [7, 11) is 0. The molecule has 0 bridgehead atoms. The quantitative estimate of drug-likeness (QED) is 0.849. The van der Waals surface area contributed by atoms with Crippen LogP contribution in [0.4, 0.5) is 0 Å². The van der Waals surface area contributed by atoms with Crippen molar-refractivity contribution in [1.82, 2.24) is 10.3 Å². The molecular formula is C16H20N2O. The van der Waals surface area contributed by atoms with Crippen molar-refractivity contribution in [3.63, 3.8) is 0 Å². The van der Waals surface area contributed by atoms with Crippen molar-refractivity contribution in [2.45, 2.75) is 32.6 Å². The molecule has 0 spiro atoms. The number of fused-ring (bicyclic) bond motifs is 1. The van der Waals surface area contributed by atoms with E-state index in [9.17, 15) is 4.79 Å². The minimum absolute atomic E-state index is 0.231. The average Bonchev–Trinajstić information content (AvgIpc) is 3.20. The zero-order valence-corrected chi connectivity index (χ0v) is 11.3. The summed E-state index contributed by atoms with van der Waals surface area (Å²) >= 11 is 0. The Morgan fingerprint density at radius 2 is 2.21 bits per heavy atom. The van der Waals surface area contributed by atoms with E-state index in [1.165, 1.54) is 22.0 Å². The number of aromatic amines is 1. The maximum atomic E-state index is 11.6. The van der Waals surface area contributed by atoms with E-state index in [1.54, 1.807) is 0 Å². The van der Waals surface area contributed by atoms with E-state index < -0.39 is 0 Å². The highest BCUT2D eigenvalue weighted by molar-refractivity contribution is 5.86. The first-order valence-corrected chi connectivity index (χ1v) is 7.15. The predicted octanol–water partition coefficient (Wildman–Crippen LogP) is 2.80. The van der Waals surface area contributed by atoms with E-state index in [-0.39, 0.29) is 5.91 Å². The van der Waals surface area contributed by atoms with Crippen molar-refractivity contribution in [2.24, 2.45) is 5.92 Å². The third-order valence-electron chi connectivity index (χ3n) is 3.91. The number of benzene rings is 1. The normalized spacial score (nSPS) is 14.8. The Kier molecular flexibility index (Phi) is 3.28. The minimum Gasteiger partial charge on any atom is -0.361 e. The van der Waals surface area contributed by atoms with Gasteiger partial charge in [-0.05, 0) is 36.8 Å². The van der Waals surface area contributed by atoms with E-state index >= 15 is 0 Å². The van der Waals surface area contributed by atoms with Crippen LogP contribution < -0.4 is 5.32 Å². The van der Waals surface area contributed by atoms with Crippen molar-refractivity contribution in [3.05, 3.63) is 35.5 Å². The van der Waals surface area contributed by atoms with Crippen LogP contribution in [0.2, 0.25) is 0 Å². The molecule has 3 rings (SSSR count). The molecule has 2 aromatic rings. The number of hydrogen-bond acceptors (Lipinski definition) is 1. The van der Waals surface area contributed by atoms with Gasteiger partial charge in [0.25, 0.3) is 0 Å².